The molecule has 126 valence electrons. The maximum absolute atomic E-state index is 12.6. The quantitative estimate of drug-likeness (QED) is 0.676. The van der Waals surface area contributed by atoms with Crippen molar-refractivity contribution < 1.29 is 9.72 Å². The summed E-state index contributed by atoms with van der Waals surface area (Å²) in [6.07, 6.45) is 3.69. The number of nitrogens with one attached hydrogen (secondary N) is 1. The Bertz CT molecular complexity index is 740. The molecule has 0 radical (unpaired) electrons. The highest BCUT2D eigenvalue weighted by Crippen LogP contribution is 2.30. The molecule has 1 saturated heterocycles. The minimum Gasteiger partial charge on any atom is -0.371 e. The van der Waals surface area contributed by atoms with Gasteiger partial charge in [-0.15, -0.1) is 11.3 Å². The van der Waals surface area contributed by atoms with E-state index in [-0.39, 0.29) is 11.6 Å². The Balaban J connectivity index is 1.92. The van der Waals surface area contributed by atoms with Crippen LogP contribution >= 0.6 is 11.3 Å². The molecule has 3 rings (SSSR count). The molecule has 1 fully saturated rings. The summed E-state index contributed by atoms with van der Waals surface area (Å²) in [7, 11) is 0. The van der Waals surface area contributed by atoms with E-state index in [0.29, 0.717) is 16.6 Å². The Labute approximate surface area is 143 Å². The van der Waals surface area contributed by atoms with Gasteiger partial charge in [0.25, 0.3) is 11.6 Å². The third-order valence-corrected chi connectivity index (χ3v) is 4.90. The molecule has 2 heterocycles. The fourth-order valence-corrected chi connectivity index (χ4v) is 3.32. The lowest BCUT2D eigenvalue weighted by Gasteiger charge is -2.33. The molecule has 0 saturated carbocycles. The van der Waals surface area contributed by atoms with Gasteiger partial charge in [-0.3, -0.25) is 20.2 Å². The normalized spacial score (nSPS) is 15.3. The van der Waals surface area contributed by atoms with Crippen molar-refractivity contribution in [3.63, 3.8) is 0 Å². The number of carbonyl (C=O) groups is 1. The van der Waals surface area contributed by atoms with Gasteiger partial charge in [0.2, 0.25) is 0 Å². The molecule has 8 heteroatoms. The molecule has 1 amide bonds. The van der Waals surface area contributed by atoms with Crippen molar-refractivity contribution in [3.8, 4) is 0 Å². The van der Waals surface area contributed by atoms with Crippen LogP contribution in [0.3, 0.4) is 0 Å². The van der Waals surface area contributed by atoms with Crippen molar-refractivity contribution in [3.05, 3.63) is 45.5 Å². The monoisotopic (exact) mass is 346 g/mol. The summed E-state index contributed by atoms with van der Waals surface area (Å²) < 4.78 is 0. The molecule has 0 bridgehead atoms. The predicted molar refractivity (Wildman–Crippen MR) is 93.8 cm³/mol. The number of aromatic nitrogens is 1. The molecular formula is C16H18N4O3S. The average molecular weight is 346 g/mol. The molecule has 0 atom stereocenters. The first-order valence-electron chi connectivity index (χ1n) is 7.79. The third kappa shape index (κ3) is 3.53. The predicted octanol–water partition coefficient (Wildman–Crippen LogP) is 3.54. The van der Waals surface area contributed by atoms with E-state index in [9.17, 15) is 14.9 Å². The van der Waals surface area contributed by atoms with Crippen LogP contribution in [0.5, 0.6) is 0 Å². The van der Waals surface area contributed by atoms with Crippen molar-refractivity contribution in [2.75, 3.05) is 23.3 Å². The topological polar surface area (TPSA) is 88.4 Å². The summed E-state index contributed by atoms with van der Waals surface area (Å²) in [6.45, 7) is 3.90. The Morgan fingerprint density at radius 1 is 1.42 bits per heavy atom. The summed E-state index contributed by atoms with van der Waals surface area (Å²) in [5, 5.41) is 16.0. The number of nitro groups is 1. The number of non-ortho nitro benzene ring substituents is 1. The standard InChI is InChI=1S/C16H18N4O3S/c1-11-4-7-19(8-5-11)14-3-2-12(20(22)23)10-13(14)15(21)18-16-17-6-9-24-16/h2-3,6,9-11H,4-5,7-8H2,1H3,(H,17,18,21). The van der Waals surface area contributed by atoms with E-state index in [2.05, 4.69) is 22.1 Å². The highest BCUT2D eigenvalue weighted by Gasteiger charge is 2.23. The van der Waals surface area contributed by atoms with Crippen LogP contribution in [-0.4, -0.2) is 28.9 Å². The van der Waals surface area contributed by atoms with Crippen LogP contribution in [-0.2, 0) is 0 Å². The van der Waals surface area contributed by atoms with Crippen LogP contribution in [0.4, 0.5) is 16.5 Å². The van der Waals surface area contributed by atoms with Gasteiger partial charge in [-0.2, -0.15) is 0 Å². The van der Waals surface area contributed by atoms with Gasteiger partial charge < -0.3 is 4.90 Å². The minimum atomic E-state index is -0.484. The van der Waals surface area contributed by atoms with E-state index in [1.165, 1.54) is 23.5 Å². The number of carbonyl (C=O) groups excluding carboxylic acids is 1. The van der Waals surface area contributed by atoms with Gasteiger partial charge in [0.05, 0.1) is 16.2 Å². The molecule has 1 aromatic carbocycles. The fourth-order valence-electron chi connectivity index (χ4n) is 2.79. The molecule has 7 nitrogen and oxygen atoms in total. The van der Waals surface area contributed by atoms with E-state index in [1.807, 2.05) is 0 Å². The molecule has 1 N–H and O–H groups in total. The van der Waals surface area contributed by atoms with E-state index < -0.39 is 4.92 Å². The zero-order valence-electron chi connectivity index (χ0n) is 13.3. The zero-order chi connectivity index (χ0) is 17.1. The van der Waals surface area contributed by atoms with Crippen molar-refractivity contribution in [1.29, 1.82) is 0 Å². The molecular weight excluding hydrogens is 328 g/mol. The fraction of sp³-hybridized carbons (Fsp3) is 0.375. The minimum absolute atomic E-state index is 0.0894. The highest BCUT2D eigenvalue weighted by molar-refractivity contribution is 7.13. The van der Waals surface area contributed by atoms with Gasteiger partial charge >= 0.3 is 0 Å². The van der Waals surface area contributed by atoms with E-state index in [0.717, 1.165) is 31.6 Å². The number of benzene rings is 1. The largest absolute Gasteiger partial charge is 0.371 e. The van der Waals surface area contributed by atoms with E-state index >= 15 is 0 Å². The van der Waals surface area contributed by atoms with Gasteiger partial charge in [-0.1, -0.05) is 6.92 Å². The molecule has 0 aliphatic carbocycles. The van der Waals surface area contributed by atoms with Crippen LogP contribution in [0.1, 0.15) is 30.1 Å². The smallest absolute Gasteiger partial charge is 0.270 e. The first kappa shape index (κ1) is 16.4. The number of hydrogen-bond acceptors (Lipinski definition) is 6. The average Bonchev–Trinajstić information content (AvgIpc) is 3.08. The molecule has 0 spiro atoms. The molecule has 1 aliphatic rings. The number of rotatable bonds is 4. The maximum atomic E-state index is 12.6. The van der Waals surface area contributed by atoms with Crippen LogP contribution < -0.4 is 10.2 Å². The number of hydrogen-bond donors (Lipinski definition) is 1. The van der Waals surface area contributed by atoms with Crippen LogP contribution in [0.15, 0.2) is 29.8 Å². The first-order chi connectivity index (χ1) is 11.5. The zero-order valence-corrected chi connectivity index (χ0v) is 14.1. The Kier molecular flexibility index (Phi) is 4.75. The van der Waals surface area contributed by atoms with Crippen LogP contribution in [0.2, 0.25) is 0 Å². The first-order valence-corrected chi connectivity index (χ1v) is 8.67. The molecule has 0 unspecified atom stereocenters. The summed E-state index contributed by atoms with van der Waals surface area (Å²) in [5.41, 5.74) is 0.962. The summed E-state index contributed by atoms with van der Waals surface area (Å²) >= 11 is 1.31. The van der Waals surface area contributed by atoms with Crippen molar-refractivity contribution >= 4 is 33.8 Å². The Hall–Kier alpha value is -2.48. The van der Waals surface area contributed by atoms with Gasteiger partial charge in [0.15, 0.2) is 5.13 Å². The summed E-state index contributed by atoms with van der Waals surface area (Å²) in [5.74, 6) is 0.286. The van der Waals surface area contributed by atoms with E-state index in [1.54, 1.807) is 17.6 Å². The lowest BCUT2D eigenvalue weighted by Crippen LogP contribution is -2.34. The van der Waals surface area contributed by atoms with Gasteiger partial charge in [0, 0.05) is 36.8 Å². The lowest BCUT2D eigenvalue weighted by atomic mass is 9.98. The third-order valence-electron chi connectivity index (χ3n) is 4.21. The van der Waals surface area contributed by atoms with E-state index in [4.69, 9.17) is 0 Å². The van der Waals surface area contributed by atoms with Gasteiger partial charge in [-0.05, 0) is 24.8 Å². The van der Waals surface area contributed by atoms with Crippen LogP contribution in [0, 0.1) is 16.0 Å². The summed E-state index contributed by atoms with van der Waals surface area (Å²) in [6, 6.07) is 4.47. The molecule has 1 aliphatic heterocycles. The van der Waals surface area contributed by atoms with Crippen molar-refractivity contribution in [2.24, 2.45) is 5.92 Å². The van der Waals surface area contributed by atoms with Gasteiger partial charge in [0.1, 0.15) is 0 Å². The SMILES string of the molecule is CC1CCN(c2ccc([N+](=O)[O-])cc2C(=O)Nc2nccs2)CC1. The maximum Gasteiger partial charge on any atom is 0.270 e. The second-order valence-electron chi connectivity index (χ2n) is 5.92. The number of piperidine rings is 1. The van der Waals surface area contributed by atoms with Gasteiger partial charge in [-0.25, -0.2) is 4.98 Å². The second kappa shape index (κ2) is 6.96. The summed E-state index contributed by atoms with van der Waals surface area (Å²) in [4.78, 5) is 29.4. The highest BCUT2D eigenvalue weighted by atomic mass is 32.1. The van der Waals surface area contributed by atoms with Crippen LogP contribution in [0.25, 0.3) is 0 Å². The van der Waals surface area contributed by atoms with Crippen molar-refractivity contribution in [1.82, 2.24) is 4.98 Å². The van der Waals surface area contributed by atoms with Crippen molar-refractivity contribution in [2.45, 2.75) is 19.8 Å². The molecule has 24 heavy (non-hydrogen) atoms. The number of nitrogens with zero attached hydrogens (tertiary/aromatic N) is 3. The molecule has 1 aromatic heterocycles. The lowest BCUT2D eigenvalue weighted by molar-refractivity contribution is -0.384. The number of amides is 1. The second-order valence-corrected chi connectivity index (χ2v) is 6.81. The molecule has 2 aromatic rings. The number of anilines is 2. The Morgan fingerprint density at radius 2 is 2.17 bits per heavy atom. The number of thiazole rings is 1. The number of nitro benzene ring substituents is 1. The Morgan fingerprint density at radius 3 is 2.79 bits per heavy atom.